The quantitative estimate of drug-likeness (QED) is 0.124. The number of allylic oxidation sites excluding steroid dienone is 4. The number of rotatable bonds is 4. The fourth-order valence-corrected chi connectivity index (χ4v) is 12.6. The zero-order chi connectivity index (χ0) is 66.7. The van der Waals surface area contributed by atoms with E-state index in [1.54, 1.807) is 39.9 Å². The van der Waals surface area contributed by atoms with E-state index in [9.17, 15) is 47.9 Å². The van der Waals surface area contributed by atoms with E-state index in [2.05, 4.69) is 101 Å². The van der Waals surface area contributed by atoms with Crippen LogP contribution in [0.3, 0.4) is 0 Å². The van der Waals surface area contributed by atoms with Crippen LogP contribution >= 0.6 is 0 Å². The van der Waals surface area contributed by atoms with Crippen LogP contribution < -0.4 is 26.8 Å². The van der Waals surface area contributed by atoms with Crippen LogP contribution in [0.4, 0.5) is 0 Å². The maximum atomic E-state index is 12.9. The summed E-state index contributed by atoms with van der Waals surface area (Å²) in [5.41, 5.74) is 9.79. The summed E-state index contributed by atoms with van der Waals surface area (Å²) in [6.07, 6.45) is 6.38. The average Bonchev–Trinajstić information content (AvgIpc) is 1.65. The minimum Gasteiger partial charge on any atom is -0.329 e. The number of piperidine rings is 4. The molecule has 4 N–H and O–H groups in total. The number of benzene rings is 4. The Kier molecular flexibility index (Phi) is 18.0. The smallest absolute Gasteiger partial charge is 0.262 e. The van der Waals surface area contributed by atoms with Gasteiger partial charge < -0.3 is 30.7 Å². The molecule has 0 bridgehead atoms. The molecule has 18 heteroatoms. The highest BCUT2D eigenvalue weighted by molar-refractivity contribution is 6.24. The van der Waals surface area contributed by atoms with Gasteiger partial charge in [-0.1, -0.05) is 152 Å². The minimum atomic E-state index is -0.763. The van der Waals surface area contributed by atoms with E-state index in [0.29, 0.717) is 90.5 Å². The predicted molar refractivity (Wildman–Crippen MR) is 350 cm³/mol. The molecular formula is C73H84N8O10. The Balaban J connectivity index is 0.000000144. The summed E-state index contributed by atoms with van der Waals surface area (Å²) in [5, 5.41) is 12.3. The maximum absolute atomic E-state index is 12.9. The monoisotopic (exact) mass is 1230 g/mol. The van der Waals surface area contributed by atoms with Crippen LogP contribution in [0.1, 0.15) is 220 Å². The van der Waals surface area contributed by atoms with Crippen molar-refractivity contribution in [2.45, 2.75) is 187 Å². The van der Waals surface area contributed by atoms with Gasteiger partial charge in [0.25, 0.3) is 35.1 Å². The Hall–Kier alpha value is -9.32. The molecule has 4 saturated heterocycles. The largest absolute Gasteiger partial charge is 0.329 e. The van der Waals surface area contributed by atoms with Crippen LogP contribution in [0.5, 0.6) is 0 Å². The fourth-order valence-electron chi connectivity index (χ4n) is 12.6. The number of hydrogen-bond donors (Lipinski definition) is 4. The summed E-state index contributed by atoms with van der Waals surface area (Å²) < 4.78 is 1.54. The number of nitrogens with zero attached hydrogens (tertiary/aromatic N) is 4. The number of amides is 9. The molecular weight excluding hydrogens is 1150 g/mol. The van der Waals surface area contributed by atoms with Crippen LogP contribution in [0.2, 0.25) is 0 Å². The van der Waals surface area contributed by atoms with Gasteiger partial charge in [0.15, 0.2) is 0 Å². The highest BCUT2D eigenvalue weighted by atomic mass is 16.2. The van der Waals surface area contributed by atoms with Crippen molar-refractivity contribution in [3.63, 3.8) is 0 Å². The summed E-state index contributed by atoms with van der Waals surface area (Å²) in [6.45, 7) is 40.6. The third-order valence-corrected chi connectivity index (χ3v) is 17.8. The third-order valence-electron chi connectivity index (χ3n) is 17.8. The van der Waals surface area contributed by atoms with Crippen LogP contribution in [0.15, 0.2) is 139 Å². The van der Waals surface area contributed by atoms with Gasteiger partial charge in [0, 0.05) is 46.5 Å². The average molecular weight is 1230 g/mol. The van der Waals surface area contributed by atoms with Crippen LogP contribution in [0.25, 0.3) is 10.8 Å². The van der Waals surface area contributed by atoms with Gasteiger partial charge in [0.2, 0.25) is 23.6 Å². The summed E-state index contributed by atoms with van der Waals surface area (Å²) in [7, 11) is 0. The molecule has 0 radical (unpaired) electrons. The second kappa shape index (κ2) is 24.8. The molecule has 4 aromatic carbocycles. The second-order valence-electron chi connectivity index (χ2n) is 28.6. The highest BCUT2D eigenvalue weighted by Gasteiger charge is 2.47. The Labute approximate surface area is 532 Å². The van der Waals surface area contributed by atoms with E-state index >= 15 is 0 Å². The SMILES string of the molecule is C=C1CCC(N2C(=O)c3ccc(C(C)(C)C)cc3C2=O)C(=O)N1.C=C1CCC(N2C(=O)c3cccc(C(C)(C)C)c3C2=O)C(=O)N1.C=C1CCC(N2Cc3c(cccc3C(C)(C)C)C2=O)C(=O)N1.C=C1CCC(n2ccc3cc(C(C)(C)C)ccc3c2=O)C(=O)N1. The Bertz CT molecular complexity index is 4040. The number of fused-ring (bicyclic) bond motifs is 4. The lowest BCUT2D eigenvalue weighted by Crippen LogP contribution is -2.51. The number of carbonyl (C=O) groups is 9. The summed E-state index contributed by atoms with van der Waals surface area (Å²) in [5.74, 6) is -2.52. The Morgan fingerprint density at radius 2 is 0.835 bits per heavy atom. The molecule has 5 aromatic rings. The maximum Gasteiger partial charge on any atom is 0.262 e. The molecule has 7 aliphatic rings. The van der Waals surface area contributed by atoms with Gasteiger partial charge >= 0.3 is 0 Å². The van der Waals surface area contributed by atoms with Crippen molar-refractivity contribution in [3.8, 4) is 0 Å². The van der Waals surface area contributed by atoms with Crippen molar-refractivity contribution < 1.29 is 43.2 Å². The Morgan fingerprint density at radius 1 is 0.407 bits per heavy atom. The van der Waals surface area contributed by atoms with Crippen molar-refractivity contribution in [1.29, 1.82) is 0 Å². The van der Waals surface area contributed by atoms with Crippen molar-refractivity contribution in [1.82, 2.24) is 40.5 Å². The van der Waals surface area contributed by atoms with Crippen molar-refractivity contribution in [2.24, 2.45) is 0 Å². The second-order valence-corrected chi connectivity index (χ2v) is 28.6. The van der Waals surface area contributed by atoms with E-state index in [4.69, 9.17) is 0 Å². The lowest BCUT2D eigenvalue weighted by atomic mass is 9.82. The molecule has 1 aromatic heterocycles. The molecule has 4 unspecified atom stereocenters. The predicted octanol–water partition coefficient (Wildman–Crippen LogP) is 10.7. The molecule has 8 heterocycles. The van der Waals surface area contributed by atoms with Crippen molar-refractivity contribution in [2.75, 3.05) is 0 Å². The van der Waals surface area contributed by atoms with Crippen molar-refractivity contribution in [3.05, 3.63) is 200 Å². The number of aromatic nitrogens is 1. The normalized spacial score (nSPS) is 21.0. The van der Waals surface area contributed by atoms with E-state index in [-0.39, 0.29) is 74.5 Å². The number of pyridine rings is 1. The zero-order valence-electron chi connectivity index (χ0n) is 54.5. The van der Waals surface area contributed by atoms with Gasteiger partial charge in [-0.15, -0.1) is 0 Å². The fraction of sp³-hybridized carbons (Fsp3) is 0.397. The first-order valence-electron chi connectivity index (χ1n) is 31.0. The molecule has 0 spiro atoms. The number of carbonyl (C=O) groups excluding carboxylic acids is 9. The van der Waals surface area contributed by atoms with Gasteiger partial charge in [-0.2, -0.15) is 0 Å². The van der Waals surface area contributed by atoms with Gasteiger partial charge in [-0.25, -0.2) is 0 Å². The zero-order valence-corrected chi connectivity index (χ0v) is 54.5. The van der Waals surface area contributed by atoms with Crippen molar-refractivity contribution >= 4 is 63.9 Å². The third kappa shape index (κ3) is 13.3. The number of hydrogen-bond acceptors (Lipinski definition) is 10. The standard InChI is InChI=1S/C19H22N2O2.2C18H20N2O3.C18H22N2O2/c1-12-5-8-16(17(22)20-12)21-10-9-13-11-14(19(2,3)4)6-7-15(13)18(21)23;1-10-5-8-14(15(21)19-10)20-16(22)12-7-6-11(18(2,3)4)9-13(12)17(20)23;1-10-8-9-13(15(21)19-10)20-16(22)11-6-5-7-12(18(2,3)4)14(11)17(20)23;1-11-8-9-15(16(21)19-11)20-10-13-12(17(20)22)6-5-7-14(13)18(2,3)4/h6-7,9-11,16H,1,5,8H2,2-4H3,(H,20,22);6-7,9,14H,1,5,8H2,2-4H3,(H,19,21);5-7,13H,1,8-9H2,2-4H3,(H,19,21);5-7,15H,1,8-10H2,2-4H3,(H,19,21). The molecule has 9 amide bonds. The van der Waals surface area contributed by atoms with Gasteiger partial charge in [-0.05, 0) is 143 Å². The van der Waals surface area contributed by atoms with E-state index in [1.165, 1.54) is 11.1 Å². The Morgan fingerprint density at radius 3 is 1.33 bits per heavy atom. The molecule has 12 rings (SSSR count). The highest BCUT2D eigenvalue weighted by Crippen LogP contribution is 2.39. The van der Waals surface area contributed by atoms with Crippen LogP contribution in [0, 0.1) is 0 Å². The first-order chi connectivity index (χ1) is 42.5. The molecule has 476 valence electrons. The molecule has 91 heavy (non-hydrogen) atoms. The number of imide groups is 2. The number of nitrogens with one attached hydrogen (secondary N) is 4. The van der Waals surface area contributed by atoms with E-state index in [1.807, 2.05) is 84.0 Å². The molecule has 0 aliphatic carbocycles. The molecule has 18 nitrogen and oxygen atoms in total. The van der Waals surface area contributed by atoms with Gasteiger partial charge in [-0.3, -0.25) is 57.7 Å². The topological polar surface area (TPSA) is 233 Å². The molecule has 0 saturated carbocycles. The lowest BCUT2D eigenvalue weighted by Gasteiger charge is -2.31. The van der Waals surface area contributed by atoms with E-state index < -0.39 is 30.1 Å². The summed E-state index contributed by atoms with van der Waals surface area (Å²) in [4.78, 5) is 129. The lowest BCUT2D eigenvalue weighted by molar-refractivity contribution is -0.126. The molecule has 7 aliphatic heterocycles. The first-order valence-corrected chi connectivity index (χ1v) is 31.0. The van der Waals surface area contributed by atoms with Gasteiger partial charge in [0.1, 0.15) is 24.2 Å². The van der Waals surface area contributed by atoms with E-state index in [0.717, 1.165) is 55.3 Å². The van der Waals surface area contributed by atoms with Gasteiger partial charge in [0.05, 0.1) is 22.3 Å². The first kappa shape index (κ1) is 66.1. The van der Waals surface area contributed by atoms with Crippen LogP contribution in [-0.4, -0.2) is 90.6 Å². The molecule has 4 atom stereocenters. The minimum absolute atomic E-state index is 0.0231. The molecule has 4 fully saturated rings. The summed E-state index contributed by atoms with van der Waals surface area (Å²) in [6, 6.07) is 22.0. The van der Waals surface area contributed by atoms with Crippen LogP contribution in [-0.2, 0) is 47.4 Å². The summed E-state index contributed by atoms with van der Waals surface area (Å²) >= 11 is 0.